The van der Waals surface area contributed by atoms with E-state index in [0.29, 0.717) is 26.4 Å². The second-order valence-corrected chi connectivity index (χ2v) is 2.83. The number of rotatable bonds is 10. The van der Waals surface area contributed by atoms with Crippen molar-refractivity contribution in [3.63, 3.8) is 0 Å². The highest BCUT2D eigenvalue weighted by atomic mass is 16.5. The van der Waals surface area contributed by atoms with Crippen molar-refractivity contribution in [3.05, 3.63) is 0 Å². The standard InChI is InChI=1S/C6H14O4.C4H10O2/c7-1-3-9-5-6-10-4-2-8;5-3-1-2-4-6/h7-8H,1-6H2;5-6H,1-4H2. The van der Waals surface area contributed by atoms with Crippen LogP contribution in [-0.4, -0.2) is 73.3 Å². The van der Waals surface area contributed by atoms with Crippen LogP contribution in [0.1, 0.15) is 12.8 Å². The van der Waals surface area contributed by atoms with Crippen LogP contribution < -0.4 is 0 Å². The minimum atomic E-state index is 0.0417. The van der Waals surface area contributed by atoms with E-state index < -0.39 is 0 Å². The first kappa shape index (κ1) is 18.1. The quantitative estimate of drug-likeness (QED) is 0.356. The van der Waals surface area contributed by atoms with Gasteiger partial charge in [-0.05, 0) is 12.8 Å². The van der Waals surface area contributed by atoms with Gasteiger partial charge in [-0.2, -0.15) is 0 Å². The van der Waals surface area contributed by atoms with Gasteiger partial charge in [0.15, 0.2) is 0 Å². The molecular formula is C10H24O6. The lowest BCUT2D eigenvalue weighted by atomic mass is 10.3. The Hall–Kier alpha value is -0.240. The van der Waals surface area contributed by atoms with Crippen LogP contribution in [0.15, 0.2) is 0 Å². The molecule has 0 aromatic carbocycles. The largest absolute Gasteiger partial charge is 0.396 e. The lowest BCUT2D eigenvalue weighted by Gasteiger charge is -2.01. The molecule has 0 radical (unpaired) electrons. The molecule has 0 saturated heterocycles. The van der Waals surface area contributed by atoms with Gasteiger partial charge in [-0.25, -0.2) is 0 Å². The fourth-order valence-corrected chi connectivity index (χ4v) is 0.675. The van der Waals surface area contributed by atoms with Crippen LogP contribution >= 0.6 is 0 Å². The van der Waals surface area contributed by atoms with Gasteiger partial charge >= 0.3 is 0 Å². The second kappa shape index (κ2) is 20.2. The molecule has 0 aliphatic heterocycles. The van der Waals surface area contributed by atoms with E-state index in [1.54, 1.807) is 0 Å². The summed E-state index contributed by atoms with van der Waals surface area (Å²) in [6, 6.07) is 0. The minimum Gasteiger partial charge on any atom is -0.396 e. The highest BCUT2D eigenvalue weighted by Gasteiger charge is 1.86. The maximum atomic E-state index is 8.26. The normalized spacial score (nSPS) is 9.75. The van der Waals surface area contributed by atoms with Crippen LogP contribution in [0.25, 0.3) is 0 Å². The summed E-state index contributed by atoms with van der Waals surface area (Å²) in [5.74, 6) is 0. The second-order valence-electron chi connectivity index (χ2n) is 2.83. The predicted octanol–water partition coefficient (Wildman–Crippen LogP) is -1.24. The van der Waals surface area contributed by atoms with Crippen LogP contribution in [0.2, 0.25) is 0 Å². The number of ether oxygens (including phenoxy) is 2. The summed E-state index contributed by atoms with van der Waals surface area (Å²) in [4.78, 5) is 0. The van der Waals surface area contributed by atoms with Gasteiger partial charge in [0.05, 0.1) is 39.6 Å². The summed E-state index contributed by atoms with van der Waals surface area (Å²) < 4.78 is 9.75. The van der Waals surface area contributed by atoms with Crippen molar-refractivity contribution in [1.82, 2.24) is 0 Å². The van der Waals surface area contributed by atoms with E-state index in [-0.39, 0.29) is 26.4 Å². The van der Waals surface area contributed by atoms with Crippen LogP contribution in [-0.2, 0) is 9.47 Å². The van der Waals surface area contributed by atoms with E-state index in [1.165, 1.54) is 0 Å². The average Bonchev–Trinajstić information content (AvgIpc) is 2.32. The van der Waals surface area contributed by atoms with Crippen molar-refractivity contribution in [3.8, 4) is 0 Å². The van der Waals surface area contributed by atoms with Crippen molar-refractivity contribution in [2.75, 3.05) is 52.9 Å². The molecule has 0 fully saturated rings. The first-order valence-electron chi connectivity index (χ1n) is 5.42. The zero-order valence-electron chi connectivity index (χ0n) is 9.68. The van der Waals surface area contributed by atoms with Crippen molar-refractivity contribution in [1.29, 1.82) is 0 Å². The van der Waals surface area contributed by atoms with Crippen molar-refractivity contribution in [2.24, 2.45) is 0 Å². The highest BCUT2D eigenvalue weighted by Crippen LogP contribution is 1.80. The molecule has 0 aliphatic carbocycles. The topological polar surface area (TPSA) is 99.4 Å². The molecule has 100 valence electrons. The monoisotopic (exact) mass is 240 g/mol. The van der Waals surface area contributed by atoms with E-state index in [2.05, 4.69) is 0 Å². The third-order valence-electron chi connectivity index (χ3n) is 1.41. The lowest BCUT2D eigenvalue weighted by Crippen LogP contribution is -2.09. The highest BCUT2D eigenvalue weighted by molar-refractivity contribution is 4.31. The number of aliphatic hydroxyl groups is 4. The fraction of sp³-hybridized carbons (Fsp3) is 1.00. The number of aliphatic hydroxyl groups excluding tert-OH is 4. The lowest BCUT2D eigenvalue weighted by molar-refractivity contribution is 0.0222. The van der Waals surface area contributed by atoms with Gasteiger partial charge in [0, 0.05) is 13.2 Å². The summed E-state index contributed by atoms with van der Waals surface area (Å²) in [7, 11) is 0. The first-order chi connectivity index (χ1) is 7.83. The van der Waals surface area contributed by atoms with E-state index in [1.807, 2.05) is 0 Å². The van der Waals surface area contributed by atoms with Gasteiger partial charge in [0.25, 0.3) is 0 Å². The zero-order valence-corrected chi connectivity index (χ0v) is 9.68. The first-order valence-corrected chi connectivity index (χ1v) is 5.42. The molecule has 0 aliphatic rings. The fourth-order valence-electron chi connectivity index (χ4n) is 0.675. The van der Waals surface area contributed by atoms with Gasteiger partial charge in [0.2, 0.25) is 0 Å². The third-order valence-corrected chi connectivity index (χ3v) is 1.41. The van der Waals surface area contributed by atoms with Gasteiger partial charge in [-0.3, -0.25) is 0 Å². The molecule has 6 heteroatoms. The Morgan fingerprint density at radius 3 is 1.12 bits per heavy atom. The van der Waals surface area contributed by atoms with Crippen LogP contribution in [0.4, 0.5) is 0 Å². The van der Waals surface area contributed by atoms with Gasteiger partial charge in [-0.15, -0.1) is 0 Å². The van der Waals surface area contributed by atoms with Crippen molar-refractivity contribution >= 4 is 0 Å². The molecule has 0 heterocycles. The van der Waals surface area contributed by atoms with Gasteiger partial charge < -0.3 is 29.9 Å². The summed E-state index contributed by atoms with van der Waals surface area (Å²) in [6.07, 6.45) is 1.44. The average molecular weight is 240 g/mol. The van der Waals surface area contributed by atoms with E-state index in [9.17, 15) is 0 Å². The Balaban J connectivity index is 0. The molecular weight excluding hydrogens is 216 g/mol. The van der Waals surface area contributed by atoms with E-state index in [0.717, 1.165) is 12.8 Å². The molecule has 0 bridgehead atoms. The molecule has 0 unspecified atom stereocenters. The zero-order chi connectivity index (χ0) is 12.5. The molecule has 0 spiro atoms. The number of unbranched alkanes of at least 4 members (excludes halogenated alkanes) is 1. The molecule has 0 rings (SSSR count). The van der Waals surface area contributed by atoms with Crippen LogP contribution in [0.5, 0.6) is 0 Å². The molecule has 0 saturated carbocycles. The summed E-state index contributed by atoms with van der Waals surface area (Å²) in [5.41, 5.74) is 0. The molecule has 16 heavy (non-hydrogen) atoms. The van der Waals surface area contributed by atoms with Crippen LogP contribution in [0, 0.1) is 0 Å². The Kier molecular flexibility index (Phi) is 22.9. The Morgan fingerprint density at radius 2 is 0.875 bits per heavy atom. The molecule has 0 amide bonds. The summed E-state index contributed by atoms with van der Waals surface area (Å²) in [6.45, 7) is 2.12. The number of hydrogen-bond donors (Lipinski definition) is 4. The van der Waals surface area contributed by atoms with E-state index >= 15 is 0 Å². The van der Waals surface area contributed by atoms with Crippen LogP contribution in [0.3, 0.4) is 0 Å². The Labute approximate surface area is 96.4 Å². The Bertz CT molecular complexity index is 89.3. The smallest absolute Gasteiger partial charge is 0.0701 e. The summed E-state index contributed by atoms with van der Waals surface area (Å²) >= 11 is 0. The van der Waals surface area contributed by atoms with Gasteiger partial charge in [0.1, 0.15) is 0 Å². The van der Waals surface area contributed by atoms with E-state index in [4.69, 9.17) is 29.9 Å². The maximum absolute atomic E-state index is 8.26. The molecule has 4 N–H and O–H groups in total. The molecule has 0 atom stereocenters. The summed E-state index contributed by atoms with van der Waals surface area (Å²) in [5, 5.41) is 32.7. The molecule has 6 nitrogen and oxygen atoms in total. The predicted molar refractivity (Wildman–Crippen MR) is 59.2 cm³/mol. The Morgan fingerprint density at radius 1 is 0.500 bits per heavy atom. The molecule has 0 aromatic heterocycles. The van der Waals surface area contributed by atoms with Crippen molar-refractivity contribution < 1.29 is 29.9 Å². The maximum Gasteiger partial charge on any atom is 0.0701 e. The minimum absolute atomic E-state index is 0.0417. The van der Waals surface area contributed by atoms with Gasteiger partial charge in [-0.1, -0.05) is 0 Å². The van der Waals surface area contributed by atoms with Crippen molar-refractivity contribution in [2.45, 2.75) is 12.8 Å². The molecule has 0 aromatic rings. The number of hydrogen-bond acceptors (Lipinski definition) is 6. The third kappa shape index (κ3) is 23.5. The SMILES string of the molecule is OCCCCO.OCCOCCOCCO.